The van der Waals surface area contributed by atoms with Gasteiger partial charge in [-0.1, -0.05) is 29.8 Å². The molecule has 0 unspecified atom stereocenters. The van der Waals surface area contributed by atoms with Crippen LogP contribution in [-0.2, 0) is 0 Å². The average molecular weight is 345 g/mol. The normalized spacial score (nSPS) is 11.8. The van der Waals surface area contributed by atoms with Gasteiger partial charge in [0.05, 0.1) is 11.7 Å². The molecule has 2 aromatic carbocycles. The van der Waals surface area contributed by atoms with Crippen LogP contribution in [0.4, 0.5) is 11.4 Å². The van der Waals surface area contributed by atoms with Gasteiger partial charge >= 0.3 is 0 Å². The molecule has 0 aromatic heterocycles. The summed E-state index contributed by atoms with van der Waals surface area (Å²) in [5.41, 5.74) is 1.36. The molecule has 8 heteroatoms. The summed E-state index contributed by atoms with van der Waals surface area (Å²) in [6, 6.07) is 9.57. The number of nitrogens with zero attached hydrogens (tertiary/aromatic N) is 2. The Morgan fingerprint density at radius 3 is 2.16 bits per heavy atom. The Hall–Kier alpha value is -2.65. The summed E-state index contributed by atoms with van der Waals surface area (Å²) in [7, 11) is 0. The number of aryl methyl sites for hydroxylation is 1. The standard InChI is InChI=1S/C17H19N3O5/c1-10-4-6-13(7-5-10)12(3)18-17(21)14-8-15(19(22)23)11(2)16(9-14)20(24)25/h4-9,12,22-23H,1-3H3,(H,18,21)/q-2/t12-/m0/s1. The molecule has 0 aliphatic rings. The predicted molar refractivity (Wildman–Crippen MR) is 93.5 cm³/mol. The van der Waals surface area contributed by atoms with E-state index >= 15 is 0 Å². The van der Waals surface area contributed by atoms with E-state index in [1.807, 2.05) is 31.2 Å². The van der Waals surface area contributed by atoms with Crippen molar-refractivity contribution in [1.29, 1.82) is 0 Å². The SMILES string of the molecule is Cc1ccc([C@H](C)NC(=O)c2cc(N([O-])[O-])c(C)c(N(O)O)c2)cc1. The van der Waals surface area contributed by atoms with Crippen molar-refractivity contribution in [3.8, 4) is 0 Å². The van der Waals surface area contributed by atoms with E-state index in [0.717, 1.165) is 17.2 Å². The third-order valence-electron chi connectivity index (χ3n) is 3.95. The molecule has 0 fully saturated rings. The van der Waals surface area contributed by atoms with Crippen LogP contribution < -0.4 is 15.8 Å². The van der Waals surface area contributed by atoms with E-state index in [2.05, 4.69) is 5.32 Å². The lowest BCUT2D eigenvalue weighted by molar-refractivity contribution is 0.0288. The molecule has 3 N–H and O–H groups in total. The molecular formula is C17H19N3O5-2. The summed E-state index contributed by atoms with van der Waals surface area (Å²) in [4.78, 5) is 12.4. The van der Waals surface area contributed by atoms with Crippen molar-refractivity contribution in [2.45, 2.75) is 26.8 Å². The number of rotatable bonds is 5. The first-order valence-corrected chi connectivity index (χ1v) is 7.55. The van der Waals surface area contributed by atoms with Crippen molar-refractivity contribution in [3.63, 3.8) is 0 Å². The van der Waals surface area contributed by atoms with Gasteiger partial charge in [0.1, 0.15) is 0 Å². The van der Waals surface area contributed by atoms with E-state index in [0.29, 0.717) is 0 Å². The fourth-order valence-electron chi connectivity index (χ4n) is 2.43. The van der Waals surface area contributed by atoms with Crippen LogP contribution >= 0.6 is 0 Å². The molecule has 0 saturated carbocycles. The molecule has 0 aliphatic heterocycles. The van der Waals surface area contributed by atoms with Gasteiger partial charge in [-0.2, -0.15) is 0 Å². The van der Waals surface area contributed by atoms with Crippen molar-refractivity contribution >= 4 is 17.3 Å². The minimum absolute atomic E-state index is 0.0399. The van der Waals surface area contributed by atoms with E-state index in [9.17, 15) is 25.6 Å². The molecule has 0 radical (unpaired) electrons. The lowest BCUT2D eigenvalue weighted by Gasteiger charge is -2.39. The van der Waals surface area contributed by atoms with Crippen LogP contribution in [0.5, 0.6) is 0 Å². The van der Waals surface area contributed by atoms with Gasteiger partial charge in [0.2, 0.25) is 0 Å². The van der Waals surface area contributed by atoms with Gasteiger partial charge in [0.15, 0.2) is 0 Å². The number of nitrogens with one attached hydrogen (secondary N) is 1. The lowest BCUT2D eigenvalue weighted by atomic mass is 10.0. The van der Waals surface area contributed by atoms with Crippen LogP contribution in [-0.4, -0.2) is 16.3 Å². The van der Waals surface area contributed by atoms with E-state index in [-0.39, 0.29) is 33.8 Å². The quantitative estimate of drug-likeness (QED) is 0.711. The van der Waals surface area contributed by atoms with Crippen molar-refractivity contribution < 1.29 is 15.2 Å². The zero-order valence-corrected chi connectivity index (χ0v) is 14.1. The minimum atomic E-state index is -0.678. The largest absolute Gasteiger partial charge is 0.769 e. The number of hydrogen-bond donors (Lipinski definition) is 3. The first-order valence-electron chi connectivity index (χ1n) is 7.55. The Bertz CT molecular complexity index is 730. The smallest absolute Gasteiger partial charge is 0.251 e. The van der Waals surface area contributed by atoms with Crippen LogP contribution in [0.2, 0.25) is 0 Å². The molecule has 1 atom stereocenters. The molecule has 8 nitrogen and oxygen atoms in total. The Balaban J connectivity index is 2.30. The lowest BCUT2D eigenvalue weighted by Crippen LogP contribution is -2.27. The zero-order valence-electron chi connectivity index (χ0n) is 14.1. The van der Waals surface area contributed by atoms with Gasteiger partial charge in [0, 0.05) is 11.3 Å². The average Bonchev–Trinajstić information content (AvgIpc) is 2.54. The molecular weight excluding hydrogens is 326 g/mol. The zero-order chi connectivity index (χ0) is 18.7. The molecule has 2 aromatic rings. The second kappa shape index (κ2) is 7.49. The fraction of sp³-hybridized carbons (Fsp3) is 0.235. The van der Waals surface area contributed by atoms with E-state index in [4.69, 9.17) is 0 Å². The Morgan fingerprint density at radius 2 is 1.64 bits per heavy atom. The van der Waals surface area contributed by atoms with Crippen LogP contribution in [0.15, 0.2) is 36.4 Å². The van der Waals surface area contributed by atoms with Crippen molar-refractivity contribution in [2.75, 3.05) is 10.5 Å². The first kappa shape index (κ1) is 18.7. The highest BCUT2D eigenvalue weighted by molar-refractivity contribution is 5.97. The molecule has 0 heterocycles. The summed E-state index contributed by atoms with van der Waals surface area (Å²) in [6.07, 6.45) is 0. The summed E-state index contributed by atoms with van der Waals surface area (Å²) < 4.78 is 0. The number of hydrogen-bond acceptors (Lipinski definition) is 7. The molecule has 2 rings (SSSR count). The maximum atomic E-state index is 12.4. The van der Waals surface area contributed by atoms with Gasteiger partial charge in [-0.05, 0) is 44.0 Å². The Labute approximate surface area is 145 Å². The van der Waals surface area contributed by atoms with Crippen LogP contribution in [0, 0.1) is 24.3 Å². The summed E-state index contributed by atoms with van der Waals surface area (Å²) in [5, 5.41) is 42.6. The summed E-state index contributed by atoms with van der Waals surface area (Å²) in [5.74, 6) is -0.556. The van der Waals surface area contributed by atoms with Gasteiger partial charge < -0.3 is 21.0 Å². The molecule has 1 amide bonds. The Morgan fingerprint density at radius 1 is 1.08 bits per heavy atom. The first-order chi connectivity index (χ1) is 11.7. The second-order valence-corrected chi connectivity index (χ2v) is 5.79. The van der Waals surface area contributed by atoms with Gasteiger partial charge in [-0.15, -0.1) is 5.23 Å². The van der Waals surface area contributed by atoms with Crippen molar-refractivity contribution in [3.05, 3.63) is 69.1 Å². The predicted octanol–water partition coefficient (Wildman–Crippen LogP) is 3.18. The topological polar surface area (TPSA) is 122 Å². The second-order valence-electron chi connectivity index (χ2n) is 5.79. The number of benzene rings is 2. The molecule has 0 bridgehead atoms. The number of amides is 1. The highest BCUT2D eigenvalue weighted by Crippen LogP contribution is 2.30. The van der Waals surface area contributed by atoms with Crippen molar-refractivity contribution in [1.82, 2.24) is 5.32 Å². The maximum Gasteiger partial charge on any atom is 0.251 e. The third kappa shape index (κ3) is 4.25. The van der Waals surface area contributed by atoms with Gasteiger partial charge in [0.25, 0.3) is 5.91 Å². The minimum Gasteiger partial charge on any atom is -0.769 e. The highest BCUT2D eigenvalue weighted by Gasteiger charge is 2.17. The number of carbonyl (C=O) groups is 1. The van der Waals surface area contributed by atoms with Gasteiger partial charge in [-0.25, -0.2) is 0 Å². The molecule has 0 aliphatic carbocycles. The fourth-order valence-corrected chi connectivity index (χ4v) is 2.43. The molecule has 25 heavy (non-hydrogen) atoms. The van der Waals surface area contributed by atoms with Crippen molar-refractivity contribution in [2.24, 2.45) is 0 Å². The molecule has 0 saturated heterocycles. The number of carbonyl (C=O) groups excluding carboxylic acids is 1. The van der Waals surface area contributed by atoms with E-state index < -0.39 is 11.1 Å². The Kier molecular flexibility index (Phi) is 5.60. The maximum absolute atomic E-state index is 12.4. The third-order valence-corrected chi connectivity index (χ3v) is 3.95. The summed E-state index contributed by atoms with van der Waals surface area (Å²) in [6.45, 7) is 5.11. The van der Waals surface area contributed by atoms with E-state index in [1.54, 1.807) is 6.92 Å². The highest BCUT2D eigenvalue weighted by atomic mass is 16.8. The molecule has 134 valence electrons. The van der Waals surface area contributed by atoms with Gasteiger partial charge in [-0.3, -0.25) is 15.2 Å². The van der Waals surface area contributed by atoms with Crippen LogP contribution in [0.25, 0.3) is 0 Å². The van der Waals surface area contributed by atoms with Crippen LogP contribution in [0.3, 0.4) is 0 Å². The van der Waals surface area contributed by atoms with Crippen LogP contribution in [0.1, 0.15) is 40.0 Å². The molecule has 0 spiro atoms. The number of anilines is 2. The monoisotopic (exact) mass is 345 g/mol. The summed E-state index contributed by atoms with van der Waals surface area (Å²) >= 11 is 0. The van der Waals surface area contributed by atoms with E-state index in [1.165, 1.54) is 13.0 Å².